The van der Waals surface area contributed by atoms with Crippen LogP contribution < -0.4 is 0 Å². The Bertz CT molecular complexity index is 2320. The van der Waals surface area contributed by atoms with Crippen molar-refractivity contribution in [3.8, 4) is 39.1 Å². The highest BCUT2D eigenvalue weighted by atomic mass is 32.2. The van der Waals surface area contributed by atoms with Gasteiger partial charge in [-0.3, -0.25) is 0 Å². The number of para-hydroxylation sites is 1. The topological polar surface area (TPSA) is 4.93 Å². The number of nitrogens with zero attached hydrogens (tertiary/aromatic N) is 1. The fourth-order valence-corrected chi connectivity index (χ4v) is 7.76. The van der Waals surface area contributed by atoms with Gasteiger partial charge in [0.2, 0.25) is 0 Å². The Morgan fingerprint density at radius 1 is 0.405 bits per heavy atom. The minimum Gasteiger partial charge on any atom is -0.309 e. The first kappa shape index (κ1) is 23.6. The second-order valence-corrected chi connectivity index (χ2v) is 12.1. The van der Waals surface area contributed by atoms with Crippen LogP contribution in [-0.4, -0.2) is 4.57 Å². The molecule has 8 aromatic rings. The van der Waals surface area contributed by atoms with E-state index in [-0.39, 0.29) is 0 Å². The lowest BCUT2D eigenvalue weighted by Crippen LogP contribution is -1.94. The van der Waals surface area contributed by atoms with Crippen molar-refractivity contribution in [1.82, 2.24) is 4.57 Å². The average Bonchev–Trinajstić information content (AvgIpc) is 3.39. The first-order valence-electron chi connectivity index (χ1n) is 14.4. The molecule has 0 unspecified atom stereocenters. The predicted octanol–water partition coefficient (Wildman–Crippen LogP) is 11.4. The minimum atomic E-state index is 1.17. The monoisotopic (exact) mass is 551 g/mol. The number of hydrogen-bond acceptors (Lipinski definition) is 1. The molecule has 0 N–H and O–H groups in total. The van der Waals surface area contributed by atoms with Gasteiger partial charge in [-0.25, -0.2) is 0 Å². The molecule has 196 valence electrons. The van der Waals surface area contributed by atoms with E-state index < -0.39 is 0 Å². The van der Waals surface area contributed by atoms with Crippen molar-refractivity contribution in [3.05, 3.63) is 152 Å². The van der Waals surface area contributed by atoms with Crippen molar-refractivity contribution in [1.29, 1.82) is 0 Å². The van der Waals surface area contributed by atoms with Crippen molar-refractivity contribution in [3.63, 3.8) is 0 Å². The summed E-state index contributed by atoms with van der Waals surface area (Å²) in [4.78, 5) is 2.66. The van der Waals surface area contributed by atoms with Crippen LogP contribution in [0.5, 0.6) is 0 Å². The molecular weight excluding hydrogens is 527 g/mol. The van der Waals surface area contributed by atoms with E-state index in [2.05, 4.69) is 156 Å². The van der Waals surface area contributed by atoms with Crippen LogP contribution in [0.25, 0.3) is 71.6 Å². The molecule has 1 aliphatic rings. The SMILES string of the molecule is c1ccc(-c2cccc(-n3c4ccccc4c4cc(-c5ccc6c(c5)-c5cccc7cccc(c57)S6)ccc43)c2)cc1. The molecule has 0 aliphatic carbocycles. The Labute approximate surface area is 248 Å². The van der Waals surface area contributed by atoms with E-state index in [0.717, 1.165) is 0 Å². The molecule has 0 fully saturated rings. The molecule has 0 saturated heterocycles. The van der Waals surface area contributed by atoms with Crippen LogP contribution >= 0.6 is 11.8 Å². The van der Waals surface area contributed by atoms with Crippen molar-refractivity contribution in [2.45, 2.75) is 9.79 Å². The van der Waals surface area contributed by atoms with E-state index in [1.807, 2.05) is 11.8 Å². The summed E-state index contributed by atoms with van der Waals surface area (Å²) in [5, 5.41) is 5.21. The van der Waals surface area contributed by atoms with Gasteiger partial charge in [-0.2, -0.15) is 0 Å². The minimum absolute atomic E-state index is 1.17. The van der Waals surface area contributed by atoms with E-state index in [1.54, 1.807) is 0 Å². The lowest BCUT2D eigenvalue weighted by molar-refractivity contribution is 1.18. The number of rotatable bonds is 3. The standard InChI is InChI=1S/C40H25NS/c1-2-9-26(10-3-1)28-13-6-14-31(23-28)41-36-17-5-4-15-32(36)34-24-29(19-21-37(34)41)30-20-22-38-35(25-30)33-16-7-11-27-12-8-18-39(42-38)40(27)33/h1-25H. The molecule has 0 bridgehead atoms. The van der Waals surface area contributed by atoms with E-state index in [0.29, 0.717) is 0 Å². The number of hydrogen-bond donors (Lipinski definition) is 0. The molecule has 0 radical (unpaired) electrons. The van der Waals surface area contributed by atoms with Gasteiger partial charge in [0, 0.05) is 31.6 Å². The van der Waals surface area contributed by atoms with Gasteiger partial charge in [0.1, 0.15) is 0 Å². The summed E-state index contributed by atoms with van der Waals surface area (Å²) >= 11 is 1.88. The molecule has 1 aliphatic heterocycles. The van der Waals surface area contributed by atoms with Crippen LogP contribution in [0.3, 0.4) is 0 Å². The summed E-state index contributed by atoms with van der Waals surface area (Å²) in [5.41, 5.74) is 11.2. The Hall–Kier alpha value is -5.05. The Kier molecular flexibility index (Phi) is 5.20. The summed E-state index contributed by atoms with van der Waals surface area (Å²) < 4.78 is 2.40. The first-order valence-corrected chi connectivity index (χ1v) is 15.2. The van der Waals surface area contributed by atoms with Crippen LogP contribution in [-0.2, 0) is 0 Å². The molecule has 2 heteroatoms. The largest absolute Gasteiger partial charge is 0.309 e. The number of fused-ring (bicyclic) bond motifs is 5. The van der Waals surface area contributed by atoms with Crippen LogP contribution in [0, 0.1) is 0 Å². The zero-order chi connectivity index (χ0) is 27.6. The lowest BCUT2D eigenvalue weighted by atomic mass is 9.94. The average molecular weight is 552 g/mol. The highest BCUT2D eigenvalue weighted by Gasteiger charge is 2.20. The fraction of sp³-hybridized carbons (Fsp3) is 0. The number of benzene rings is 7. The fourth-order valence-electron chi connectivity index (χ4n) is 6.63. The van der Waals surface area contributed by atoms with Crippen molar-refractivity contribution < 1.29 is 0 Å². The Balaban J connectivity index is 1.21. The highest BCUT2D eigenvalue weighted by molar-refractivity contribution is 7.99. The molecular formula is C40H25NS. The van der Waals surface area contributed by atoms with Gasteiger partial charge in [0.05, 0.1) is 11.0 Å². The third-order valence-electron chi connectivity index (χ3n) is 8.57. The molecule has 1 nitrogen and oxygen atoms in total. The van der Waals surface area contributed by atoms with Gasteiger partial charge in [-0.05, 0) is 87.3 Å². The van der Waals surface area contributed by atoms with Gasteiger partial charge >= 0.3 is 0 Å². The highest BCUT2D eigenvalue weighted by Crippen LogP contribution is 2.49. The van der Waals surface area contributed by atoms with Crippen LogP contribution in [0.15, 0.2) is 161 Å². The van der Waals surface area contributed by atoms with E-state index in [9.17, 15) is 0 Å². The Morgan fingerprint density at radius 2 is 1.12 bits per heavy atom. The third kappa shape index (κ3) is 3.59. The molecule has 0 spiro atoms. The zero-order valence-corrected chi connectivity index (χ0v) is 23.6. The second-order valence-electron chi connectivity index (χ2n) is 11.0. The molecule has 7 aromatic carbocycles. The predicted molar refractivity (Wildman–Crippen MR) is 179 cm³/mol. The molecule has 1 aromatic heterocycles. The van der Waals surface area contributed by atoms with Gasteiger partial charge in [0.15, 0.2) is 0 Å². The maximum atomic E-state index is 2.40. The van der Waals surface area contributed by atoms with Gasteiger partial charge in [-0.15, -0.1) is 0 Å². The van der Waals surface area contributed by atoms with Crippen LogP contribution in [0.1, 0.15) is 0 Å². The van der Waals surface area contributed by atoms with Crippen molar-refractivity contribution in [2.24, 2.45) is 0 Å². The maximum absolute atomic E-state index is 2.40. The summed E-state index contributed by atoms with van der Waals surface area (Å²) in [6.07, 6.45) is 0. The lowest BCUT2D eigenvalue weighted by Gasteiger charge is -2.21. The molecule has 0 amide bonds. The summed E-state index contributed by atoms with van der Waals surface area (Å²) in [6, 6.07) is 55.5. The third-order valence-corrected chi connectivity index (χ3v) is 9.71. The number of aromatic nitrogens is 1. The van der Waals surface area contributed by atoms with Crippen LogP contribution in [0.2, 0.25) is 0 Å². The van der Waals surface area contributed by atoms with Gasteiger partial charge in [-0.1, -0.05) is 115 Å². The smallest absolute Gasteiger partial charge is 0.0541 e. The first-order chi connectivity index (χ1) is 20.8. The van der Waals surface area contributed by atoms with E-state index in [4.69, 9.17) is 0 Å². The van der Waals surface area contributed by atoms with Crippen molar-refractivity contribution >= 4 is 44.3 Å². The van der Waals surface area contributed by atoms with Gasteiger partial charge in [0.25, 0.3) is 0 Å². The quantitative estimate of drug-likeness (QED) is 0.211. The van der Waals surface area contributed by atoms with Crippen LogP contribution in [0.4, 0.5) is 0 Å². The maximum Gasteiger partial charge on any atom is 0.0541 e. The summed E-state index contributed by atoms with van der Waals surface area (Å²) in [6.45, 7) is 0. The normalized spacial score (nSPS) is 12.2. The second kappa shape index (κ2) is 9.24. The zero-order valence-electron chi connectivity index (χ0n) is 22.8. The molecule has 0 saturated carbocycles. The van der Waals surface area contributed by atoms with E-state index >= 15 is 0 Å². The van der Waals surface area contributed by atoms with E-state index in [1.165, 1.54) is 81.4 Å². The molecule has 0 atom stereocenters. The van der Waals surface area contributed by atoms with Crippen molar-refractivity contribution in [2.75, 3.05) is 0 Å². The van der Waals surface area contributed by atoms with Gasteiger partial charge < -0.3 is 4.57 Å². The molecule has 9 rings (SSSR count). The molecule has 42 heavy (non-hydrogen) atoms. The Morgan fingerprint density at radius 3 is 2.05 bits per heavy atom. The summed E-state index contributed by atoms with van der Waals surface area (Å²) in [5.74, 6) is 0. The summed E-state index contributed by atoms with van der Waals surface area (Å²) in [7, 11) is 0. The molecule has 2 heterocycles.